The summed E-state index contributed by atoms with van der Waals surface area (Å²) in [7, 11) is 0. The molecule has 0 saturated heterocycles. The number of hydrogen-bond donors (Lipinski definition) is 0. The number of carbonyl (C=O) groups is 2. The van der Waals surface area contributed by atoms with Crippen LogP contribution in [0.1, 0.15) is 26.3 Å². The SMILES string of the molecule is CCSC1=C(c2ccc(F)cc2)C(=O)N(CC(C)C)C1=O. The predicted molar refractivity (Wildman–Crippen MR) is 83.0 cm³/mol. The van der Waals surface area contributed by atoms with Crippen LogP contribution in [0.15, 0.2) is 29.2 Å². The number of carbonyl (C=O) groups excluding carboxylic acids is 2. The minimum Gasteiger partial charge on any atom is -0.274 e. The first-order valence-corrected chi connectivity index (χ1v) is 7.93. The van der Waals surface area contributed by atoms with Crippen LogP contribution in [-0.2, 0) is 9.59 Å². The van der Waals surface area contributed by atoms with E-state index in [0.717, 1.165) is 0 Å². The van der Waals surface area contributed by atoms with Crippen molar-refractivity contribution < 1.29 is 14.0 Å². The van der Waals surface area contributed by atoms with Crippen molar-refractivity contribution in [1.82, 2.24) is 4.90 Å². The van der Waals surface area contributed by atoms with Gasteiger partial charge in [-0.1, -0.05) is 32.9 Å². The van der Waals surface area contributed by atoms with Crippen LogP contribution in [0, 0.1) is 11.7 Å². The van der Waals surface area contributed by atoms with Crippen LogP contribution in [0.5, 0.6) is 0 Å². The van der Waals surface area contributed by atoms with Gasteiger partial charge in [0.1, 0.15) is 5.82 Å². The molecule has 0 bridgehead atoms. The Bertz CT molecular complexity index is 593. The van der Waals surface area contributed by atoms with Crippen molar-refractivity contribution in [1.29, 1.82) is 0 Å². The van der Waals surface area contributed by atoms with E-state index in [1.54, 1.807) is 12.1 Å². The molecule has 0 saturated carbocycles. The maximum absolute atomic E-state index is 13.1. The first kappa shape index (κ1) is 15.8. The van der Waals surface area contributed by atoms with Gasteiger partial charge in [0.25, 0.3) is 11.8 Å². The van der Waals surface area contributed by atoms with E-state index in [1.807, 2.05) is 20.8 Å². The summed E-state index contributed by atoms with van der Waals surface area (Å²) in [4.78, 5) is 26.8. The Hall–Kier alpha value is -1.62. The minimum absolute atomic E-state index is 0.207. The summed E-state index contributed by atoms with van der Waals surface area (Å²) in [5.41, 5.74) is 0.990. The molecule has 0 aromatic heterocycles. The number of hydrogen-bond acceptors (Lipinski definition) is 3. The minimum atomic E-state index is -0.361. The quantitative estimate of drug-likeness (QED) is 0.783. The average molecular weight is 307 g/mol. The third-order valence-corrected chi connectivity index (χ3v) is 4.05. The normalized spacial score (nSPS) is 15.6. The van der Waals surface area contributed by atoms with Crippen molar-refractivity contribution in [3.63, 3.8) is 0 Å². The molecule has 0 aliphatic carbocycles. The Morgan fingerprint density at radius 1 is 1.14 bits per heavy atom. The van der Waals surface area contributed by atoms with Gasteiger partial charge in [-0.25, -0.2) is 4.39 Å². The van der Waals surface area contributed by atoms with Gasteiger partial charge in [-0.2, -0.15) is 0 Å². The second kappa shape index (κ2) is 6.43. The second-order valence-electron chi connectivity index (χ2n) is 5.26. The molecule has 0 N–H and O–H groups in total. The standard InChI is InChI=1S/C16H18FNO2S/c1-4-21-14-13(11-5-7-12(17)8-6-11)15(19)18(16(14)20)9-10(2)3/h5-8,10H,4,9H2,1-3H3. The van der Waals surface area contributed by atoms with Crippen molar-refractivity contribution in [2.24, 2.45) is 5.92 Å². The molecule has 112 valence electrons. The molecule has 2 amide bonds. The van der Waals surface area contributed by atoms with Crippen LogP contribution >= 0.6 is 11.8 Å². The molecule has 1 aromatic carbocycles. The number of amides is 2. The van der Waals surface area contributed by atoms with Crippen molar-refractivity contribution >= 4 is 29.1 Å². The van der Waals surface area contributed by atoms with Crippen molar-refractivity contribution in [2.75, 3.05) is 12.3 Å². The molecule has 3 nitrogen and oxygen atoms in total. The number of nitrogens with zero attached hydrogens (tertiary/aromatic N) is 1. The van der Waals surface area contributed by atoms with Crippen LogP contribution in [0.2, 0.25) is 0 Å². The lowest BCUT2D eigenvalue weighted by Crippen LogP contribution is -2.34. The van der Waals surface area contributed by atoms with E-state index in [0.29, 0.717) is 28.3 Å². The van der Waals surface area contributed by atoms with E-state index in [9.17, 15) is 14.0 Å². The third kappa shape index (κ3) is 3.18. The zero-order chi connectivity index (χ0) is 15.6. The zero-order valence-corrected chi connectivity index (χ0v) is 13.2. The van der Waals surface area contributed by atoms with Gasteiger partial charge in [0.2, 0.25) is 0 Å². The smallest absolute Gasteiger partial charge is 0.267 e. The molecule has 1 heterocycles. The molecule has 21 heavy (non-hydrogen) atoms. The molecular formula is C16H18FNO2S. The van der Waals surface area contributed by atoms with Gasteiger partial charge in [0.05, 0.1) is 10.5 Å². The predicted octanol–water partition coefficient (Wildman–Crippen LogP) is 3.31. The lowest BCUT2D eigenvalue weighted by atomic mass is 10.1. The molecule has 0 radical (unpaired) electrons. The fourth-order valence-electron chi connectivity index (χ4n) is 2.23. The zero-order valence-electron chi connectivity index (χ0n) is 12.4. The van der Waals surface area contributed by atoms with E-state index in [1.165, 1.54) is 28.8 Å². The van der Waals surface area contributed by atoms with Crippen LogP contribution in [0.3, 0.4) is 0 Å². The fraction of sp³-hybridized carbons (Fsp3) is 0.375. The summed E-state index contributed by atoms with van der Waals surface area (Å²) in [6, 6.07) is 5.70. The largest absolute Gasteiger partial charge is 0.274 e. The lowest BCUT2D eigenvalue weighted by molar-refractivity contribution is -0.137. The molecule has 0 atom stereocenters. The molecule has 2 rings (SSSR count). The summed E-state index contributed by atoms with van der Waals surface area (Å²) >= 11 is 1.36. The number of rotatable bonds is 5. The first-order chi connectivity index (χ1) is 9.95. The Labute approximate surface area is 128 Å². The lowest BCUT2D eigenvalue weighted by Gasteiger charge is -2.17. The third-order valence-electron chi connectivity index (χ3n) is 3.09. The molecule has 5 heteroatoms. The van der Waals surface area contributed by atoms with Crippen molar-refractivity contribution in [2.45, 2.75) is 20.8 Å². The summed E-state index contributed by atoms with van der Waals surface area (Å²) in [6.45, 7) is 6.26. The topological polar surface area (TPSA) is 37.4 Å². The van der Waals surface area contributed by atoms with Gasteiger partial charge in [-0.05, 0) is 29.4 Å². The summed E-state index contributed by atoms with van der Waals surface area (Å²) in [5.74, 6) is 0.0310. The second-order valence-corrected chi connectivity index (χ2v) is 6.53. The fourth-order valence-corrected chi connectivity index (χ4v) is 3.11. The Morgan fingerprint density at radius 3 is 2.29 bits per heavy atom. The highest BCUT2D eigenvalue weighted by molar-refractivity contribution is 8.04. The number of halogens is 1. The van der Waals surface area contributed by atoms with Crippen molar-refractivity contribution in [3.8, 4) is 0 Å². The maximum atomic E-state index is 13.1. The maximum Gasteiger partial charge on any atom is 0.267 e. The van der Waals surface area contributed by atoms with E-state index in [4.69, 9.17) is 0 Å². The van der Waals surface area contributed by atoms with Gasteiger partial charge >= 0.3 is 0 Å². The van der Waals surface area contributed by atoms with Gasteiger partial charge in [0.15, 0.2) is 0 Å². The summed E-state index contributed by atoms with van der Waals surface area (Å²) in [6.07, 6.45) is 0. The Morgan fingerprint density at radius 2 is 1.76 bits per heavy atom. The van der Waals surface area contributed by atoms with E-state index >= 15 is 0 Å². The number of thioether (sulfide) groups is 1. The molecule has 1 aromatic rings. The van der Waals surface area contributed by atoms with Crippen LogP contribution in [-0.4, -0.2) is 29.0 Å². The monoisotopic (exact) mass is 307 g/mol. The highest BCUT2D eigenvalue weighted by Crippen LogP contribution is 2.36. The van der Waals surface area contributed by atoms with Crippen molar-refractivity contribution in [3.05, 3.63) is 40.6 Å². The van der Waals surface area contributed by atoms with E-state index in [-0.39, 0.29) is 23.5 Å². The van der Waals surface area contributed by atoms with Gasteiger partial charge in [-0.3, -0.25) is 14.5 Å². The number of benzene rings is 1. The summed E-state index contributed by atoms with van der Waals surface area (Å²) < 4.78 is 13.1. The van der Waals surface area contributed by atoms with Crippen LogP contribution in [0.25, 0.3) is 5.57 Å². The highest BCUT2D eigenvalue weighted by Gasteiger charge is 2.38. The first-order valence-electron chi connectivity index (χ1n) is 6.94. The number of imide groups is 1. The van der Waals surface area contributed by atoms with Crippen LogP contribution < -0.4 is 0 Å². The van der Waals surface area contributed by atoms with Gasteiger partial charge in [-0.15, -0.1) is 11.8 Å². The molecule has 1 aliphatic heterocycles. The average Bonchev–Trinajstić information content (AvgIpc) is 2.65. The summed E-state index contributed by atoms with van der Waals surface area (Å²) in [5, 5.41) is 0. The molecule has 1 aliphatic rings. The molecular weight excluding hydrogens is 289 g/mol. The van der Waals surface area contributed by atoms with Gasteiger partial charge in [0, 0.05) is 6.54 Å². The molecule has 0 spiro atoms. The Balaban J connectivity index is 2.44. The molecule has 0 fully saturated rings. The Kier molecular flexibility index (Phi) is 4.83. The highest BCUT2D eigenvalue weighted by atomic mass is 32.2. The van der Waals surface area contributed by atoms with E-state index in [2.05, 4.69) is 0 Å². The van der Waals surface area contributed by atoms with Crippen LogP contribution in [0.4, 0.5) is 4.39 Å². The van der Waals surface area contributed by atoms with E-state index < -0.39 is 0 Å². The van der Waals surface area contributed by atoms with Gasteiger partial charge < -0.3 is 0 Å². The molecule has 0 unspecified atom stereocenters.